The van der Waals surface area contributed by atoms with Crippen LogP contribution in [0.1, 0.15) is 363 Å². The Morgan fingerprint density at radius 3 is 0.756 bits per heavy atom. The molecule has 0 aromatic carbocycles. The highest BCUT2D eigenvalue weighted by molar-refractivity contribution is 7.47. The summed E-state index contributed by atoms with van der Waals surface area (Å²) in [7, 11) is -9.90. The maximum atomic E-state index is 13.0. The number of hydrogen-bond acceptors (Lipinski definition) is 15. The highest BCUT2D eigenvalue weighted by atomic mass is 31.2. The van der Waals surface area contributed by atoms with E-state index < -0.39 is 97.5 Å². The van der Waals surface area contributed by atoms with E-state index in [2.05, 4.69) is 41.5 Å². The third-order valence-corrected chi connectivity index (χ3v) is 18.4. The lowest BCUT2D eigenvalue weighted by Crippen LogP contribution is -2.30. The number of carbonyl (C=O) groups excluding carboxylic acids is 4. The van der Waals surface area contributed by atoms with E-state index in [9.17, 15) is 43.2 Å². The van der Waals surface area contributed by atoms with Gasteiger partial charge in [0, 0.05) is 25.7 Å². The Morgan fingerprint density at radius 2 is 0.511 bits per heavy atom. The molecule has 534 valence electrons. The van der Waals surface area contributed by atoms with E-state index in [0.717, 1.165) is 102 Å². The zero-order valence-electron chi connectivity index (χ0n) is 58.4. The fourth-order valence-electron chi connectivity index (χ4n) is 10.8. The molecule has 0 radical (unpaired) electrons. The molecule has 19 heteroatoms. The molecule has 0 aliphatic rings. The number of rotatable bonds is 70. The number of phosphoric acid groups is 2. The Kier molecular flexibility index (Phi) is 61.8. The van der Waals surface area contributed by atoms with Gasteiger partial charge in [-0.2, -0.15) is 0 Å². The van der Waals surface area contributed by atoms with Crippen molar-refractivity contribution in [3.8, 4) is 0 Å². The van der Waals surface area contributed by atoms with Gasteiger partial charge >= 0.3 is 39.5 Å². The molecule has 0 aromatic rings. The number of aliphatic hydroxyl groups is 1. The van der Waals surface area contributed by atoms with Gasteiger partial charge in [0.1, 0.15) is 19.3 Å². The molecule has 0 aliphatic carbocycles. The van der Waals surface area contributed by atoms with Crippen molar-refractivity contribution in [2.24, 2.45) is 11.8 Å². The van der Waals surface area contributed by atoms with E-state index >= 15 is 0 Å². The van der Waals surface area contributed by atoms with E-state index in [0.29, 0.717) is 25.7 Å². The minimum Gasteiger partial charge on any atom is -0.462 e. The number of ether oxygens (including phenoxy) is 4. The van der Waals surface area contributed by atoms with Crippen molar-refractivity contribution in [1.29, 1.82) is 0 Å². The highest BCUT2D eigenvalue weighted by Gasteiger charge is 2.30. The number of aliphatic hydroxyl groups excluding tert-OH is 1. The number of esters is 4. The van der Waals surface area contributed by atoms with Crippen molar-refractivity contribution < 1.29 is 80.2 Å². The summed E-state index contributed by atoms with van der Waals surface area (Å²) in [6.45, 7) is 9.50. The second-order valence-electron chi connectivity index (χ2n) is 26.6. The van der Waals surface area contributed by atoms with Crippen LogP contribution in [0.15, 0.2) is 0 Å². The first-order chi connectivity index (χ1) is 43.4. The predicted molar refractivity (Wildman–Crippen MR) is 363 cm³/mol. The maximum absolute atomic E-state index is 13.0. The summed E-state index contributed by atoms with van der Waals surface area (Å²) < 4.78 is 68.3. The molecule has 3 N–H and O–H groups in total. The van der Waals surface area contributed by atoms with Gasteiger partial charge in [0.25, 0.3) is 0 Å². The SMILES string of the molecule is CCCCCCCCCCCCCCCCCCCC(=O)O[C@H](COC(=O)CCCCCCCCCCCC(C)C)COP(=O)(O)OC[C@@H](O)COP(=O)(O)OC[C@@H](COC(=O)CCCCCCCCCCC)OC(=O)CCCCCCCCCCCC(C)C. The molecule has 0 rings (SSSR count). The first-order valence-corrected chi connectivity index (χ1v) is 40.0. The lowest BCUT2D eigenvalue weighted by Gasteiger charge is -2.21. The van der Waals surface area contributed by atoms with Crippen molar-refractivity contribution in [2.75, 3.05) is 39.6 Å². The lowest BCUT2D eigenvalue weighted by atomic mass is 10.0. The summed E-state index contributed by atoms with van der Waals surface area (Å²) in [5, 5.41) is 10.6. The van der Waals surface area contributed by atoms with Crippen molar-refractivity contribution >= 4 is 39.5 Å². The van der Waals surface area contributed by atoms with Crippen molar-refractivity contribution in [3.63, 3.8) is 0 Å². The van der Waals surface area contributed by atoms with Crippen LogP contribution in [0.4, 0.5) is 0 Å². The van der Waals surface area contributed by atoms with Crippen molar-refractivity contribution in [2.45, 2.75) is 381 Å². The summed E-state index contributed by atoms with van der Waals surface area (Å²) in [6.07, 6.45) is 48.6. The van der Waals surface area contributed by atoms with Gasteiger partial charge in [-0.15, -0.1) is 0 Å². The fraction of sp³-hybridized carbons (Fsp3) is 0.944. The normalized spacial score (nSPS) is 14.1. The Morgan fingerprint density at radius 1 is 0.300 bits per heavy atom. The molecule has 0 spiro atoms. The van der Waals surface area contributed by atoms with E-state index in [4.69, 9.17) is 37.0 Å². The Bertz CT molecular complexity index is 1750. The Labute approximate surface area is 549 Å². The maximum Gasteiger partial charge on any atom is 0.472 e. The van der Waals surface area contributed by atoms with Gasteiger partial charge in [-0.25, -0.2) is 9.13 Å². The zero-order valence-corrected chi connectivity index (χ0v) is 60.2. The van der Waals surface area contributed by atoms with Crippen LogP contribution in [0.5, 0.6) is 0 Å². The largest absolute Gasteiger partial charge is 0.472 e. The van der Waals surface area contributed by atoms with Crippen LogP contribution in [0.3, 0.4) is 0 Å². The van der Waals surface area contributed by atoms with Crippen molar-refractivity contribution in [3.05, 3.63) is 0 Å². The molecular formula is C71H138O17P2. The van der Waals surface area contributed by atoms with Gasteiger partial charge in [-0.3, -0.25) is 37.3 Å². The highest BCUT2D eigenvalue weighted by Crippen LogP contribution is 2.45. The van der Waals surface area contributed by atoms with Gasteiger partial charge in [0.2, 0.25) is 0 Å². The Balaban J connectivity index is 5.23. The summed E-state index contributed by atoms with van der Waals surface area (Å²) in [5.74, 6) is -0.644. The lowest BCUT2D eigenvalue weighted by molar-refractivity contribution is -0.161. The van der Waals surface area contributed by atoms with Crippen molar-refractivity contribution in [1.82, 2.24) is 0 Å². The number of hydrogen-bond donors (Lipinski definition) is 3. The van der Waals surface area contributed by atoms with E-state index in [1.165, 1.54) is 180 Å². The molecule has 0 aliphatic heterocycles. The predicted octanol–water partition coefficient (Wildman–Crippen LogP) is 20.4. The first kappa shape index (κ1) is 88.1. The van der Waals surface area contributed by atoms with Crippen LogP contribution in [0, 0.1) is 11.8 Å². The molecule has 17 nitrogen and oxygen atoms in total. The average molecular weight is 1330 g/mol. The van der Waals surface area contributed by atoms with Gasteiger partial charge in [-0.05, 0) is 37.5 Å². The van der Waals surface area contributed by atoms with Gasteiger partial charge in [0.05, 0.1) is 26.4 Å². The summed E-state index contributed by atoms with van der Waals surface area (Å²) >= 11 is 0. The van der Waals surface area contributed by atoms with Crippen LogP contribution < -0.4 is 0 Å². The third-order valence-electron chi connectivity index (χ3n) is 16.5. The molecule has 2 unspecified atom stereocenters. The van der Waals surface area contributed by atoms with E-state index in [1.807, 2.05) is 0 Å². The minimum atomic E-state index is -4.95. The van der Waals surface area contributed by atoms with Crippen LogP contribution in [0.25, 0.3) is 0 Å². The summed E-state index contributed by atoms with van der Waals surface area (Å²) in [5.41, 5.74) is 0. The number of unbranched alkanes of at least 4 members (excludes halogenated alkanes) is 40. The van der Waals surface area contributed by atoms with Crippen LogP contribution in [-0.2, 0) is 65.4 Å². The summed E-state index contributed by atoms with van der Waals surface area (Å²) in [6, 6.07) is 0. The van der Waals surface area contributed by atoms with E-state index in [1.54, 1.807) is 0 Å². The molecule has 0 heterocycles. The third kappa shape index (κ3) is 64.8. The molecule has 0 saturated heterocycles. The first-order valence-electron chi connectivity index (χ1n) is 37.0. The summed E-state index contributed by atoms with van der Waals surface area (Å²) in [4.78, 5) is 72.5. The smallest absolute Gasteiger partial charge is 0.462 e. The quantitative estimate of drug-likeness (QED) is 0.0222. The number of phosphoric ester groups is 2. The molecular weight excluding hydrogens is 1190 g/mol. The molecule has 0 fully saturated rings. The van der Waals surface area contributed by atoms with Gasteiger partial charge < -0.3 is 33.8 Å². The molecule has 0 saturated carbocycles. The second kappa shape index (κ2) is 63.1. The number of carbonyl (C=O) groups is 4. The standard InChI is InChI=1S/C71H138O17P2/c1-7-9-11-13-15-17-18-19-20-21-22-23-24-30-37-43-49-55-70(75)87-67(60-82-69(74)54-48-42-36-31-25-28-33-39-45-51-63(3)4)62-86-90(79,80)84-58-65(72)57-83-89(77,78)85-61-66(59-81-68(73)53-47-41-35-27-16-14-12-10-8-2)88-71(76)56-50-44-38-32-26-29-34-40-46-52-64(5)6/h63-67,72H,7-62H2,1-6H3,(H,77,78)(H,79,80)/t65-,66+,67+/m0/s1. The van der Waals surface area contributed by atoms with Crippen LogP contribution >= 0.6 is 15.6 Å². The minimum absolute atomic E-state index is 0.105. The monoisotopic (exact) mass is 1320 g/mol. The van der Waals surface area contributed by atoms with Gasteiger partial charge in [0.15, 0.2) is 12.2 Å². The Hall–Kier alpha value is -1.94. The topological polar surface area (TPSA) is 237 Å². The second-order valence-corrected chi connectivity index (χ2v) is 29.5. The van der Waals surface area contributed by atoms with Crippen LogP contribution in [-0.4, -0.2) is 96.7 Å². The fourth-order valence-corrected chi connectivity index (χ4v) is 12.3. The van der Waals surface area contributed by atoms with E-state index in [-0.39, 0.29) is 25.7 Å². The van der Waals surface area contributed by atoms with Crippen LogP contribution in [0.2, 0.25) is 0 Å². The zero-order chi connectivity index (χ0) is 66.5. The molecule has 5 atom stereocenters. The molecule has 0 aromatic heterocycles. The van der Waals surface area contributed by atoms with Gasteiger partial charge in [-0.1, -0.05) is 311 Å². The molecule has 90 heavy (non-hydrogen) atoms. The molecule has 0 bridgehead atoms. The molecule has 0 amide bonds. The average Bonchev–Trinajstić information content (AvgIpc) is 3.59.